The minimum atomic E-state index is -4.34. The molecule has 0 aliphatic carbocycles. The van der Waals surface area contributed by atoms with Crippen molar-refractivity contribution in [2.24, 2.45) is 0 Å². The molecule has 1 fully saturated rings. The van der Waals surface area contributed by atoms with Crippen LogP contribution < -0.4 is 0 Å². The number of benzene rings is 1. The molecule has 2 rings (SSSR count). The van der Waals surface area contributed by atoms with Crippen LogP contribution in [0.1, 0.15) is 17.5 Å². The Kier molecular flexibility index (Phi) is 6.35. The van der Waals surface area contributed by atoms with E-state index in [1.165, 1.54) is 6.07 Å². The van der Waals surface area contributed by atoms with Gasteiger partial charge in [-0.3, -0.25) is 4.79 Å². The highest BCUT2D eigenvalue weighted by atomic mass is 32.2. The molecule has 1 aliphatic heterocycles. The van der Waals surface area contributed by atoms with Gasteiger partial charge in [0.1, 0.15) is 0 Å². The molecule has 1 aromatic rings. The number of carbonyl (C=O) groups excluding carboxylic acids is 1. The van der Waals surface area contributed by atoms with E-state index >= 15 is 0 Å². The molecule has 128 valence electrons. The van der Waals surface area contributed by atoms with E-state index in [2.05, 4.69) is 0 Å². The minimum absolute atomic E-state index is 0.0803. The average Bonchev–Trinajstić information content (AvgIpc) is 2.52. The summed E-state index contributed by atoms with van der Waals surface area (Å²) in [4.78, 5) is 13.8. The number of rotatable bonds is 5. The standard InChI is InChI=1S/C16H20F3NO2S/c1-23-8-5-15(21)20-6-7-22-14(11-20)10-12-3-2-4-13(9-12)16(17,18)19/h2-4,9,14H,5-8,10-11H2,1H3/t14-/m1/s1. The summed E-state index contributed by atoms with van der Waals surface area (Å²) in [6.45, 7) is 1.41. The van der Waals surface area contributed by atoms with Gasteiger partial charge >= 0.3 is 6.18 Å². The maximum atomic E-state index is 12.7. The van der Waals surface area contributed by atoms with Crippen LogP contribution in [0.2, 0.25) is 0 Å². The lowest BCUT2D eigenvalue weighted by molar-refractivity contribution is -0.138. The number of halogens is 3. The summed E-state index contributed by atoms with van der Waals surface area (Å²) in [5, 5.41) is 0. The molecule has 7 heteroatoms. The number of thioether (sulfide) groups is 1. The molecule has 0 bridgehead atoms. The van der Waals surface area contributed by atoms with Crippen molar-refractivity contribution >= 4 is 17.7 Å². The average molecular weight is 347 g/mol. The third kappa shape index (κ3) is 5.42. The van der Waals surface area contributed by atoms with Gasteiger partial charge in [0.15, 0.2) is 0 Å². The number of carbonyl (C=O) groups is 1. The van der Waals surface area contributed by atoms with E-state index < -0.39 is 11.7 Å². The molecule has 1 heterocycles. The molecule has 1 saturated heterocycles. The summed E-state index contributed by atoms with van der Waals surface area (Å²) in [6, 6.07) is 5.27. The van der Waals surface area contributed by atoms with E-state index in [-0.39, 0.29) is 12.0 Å². The number of morpholine rings is 1. The zero-order valence-corrected chi connectivity index (χ0v) is 13.8. The van der Waals surface area contributed by atoms with Crippen LogP contribution in [0.3, 0.4) is 0 Å². The summed E-state index contributed by atoms with van der Waals surface area (Å²) in [5.74, 6) is 0.853. The molecule has 3 nitrogen and oxygen atoms in total. The van der Waals surface area contributed by atoms with Crippen LogP contribution in [-0.2, 0) is 22.1 Å². The molecule has 1 aromatic carbocycles. The Morgan fingerprint density at radius 1 is 1.43 bits per heavy atom. The molecule has 1 amide bonds. The summed E-state index contributed by atoms with van der Waals surface area (Å²) >= 11 is 1.62. The molecular weight excluding hydrogens is 327 g/mol. The van der Waals surface area contributed by atoms with Crippen LogP contribution in [0, 0.1) is 0 Å². The fraction of sp³-hybridized carbons (Fsp3) is 0.562. The van der Waals surface area contributed by atoms with Gasteiger partial charge in [-0.05, 0) is 17.9 Å². The Morgan fingerprint density at radius 2 is 2.22 bits per heavy atom. The fourth-order valence-electron chi connectivity index (χ4n) is 2.55. The first-order chi connectivity index (χ1) is 10.9. The zero-order chi connectivity index (χ0) is 16.9. The second kappa shape index (κ2) is 8.06. The molecule has 0 radical (unpaired) electrons. The second-order valence-electron chi connectivity index (χ2n) is 5.48. The van der Waals surface area contributed by atoms with Gasteiger partial charge in [0, 0.05) is 31.7 Å². The maximum Gasteiger partial charge on any atom is 0.416 e. The van der Waals surface area contributed by atoms with Gasteiger partial charge < -0.3 is 9.64 Å². The molecule has 1 aliphatic rings. The van der Waals surface area contributed by atoms with E-state index in [9.17, 15) is 18.0 Å². The number of amides is 1. The lowest BCUT2D eigenvalue weighted by atomic mass is 10.0. The Balaban J connectivity index is 1.96. The largest absolute Gasteiger partial charge is 0.416 e. The molecule has 0 saturated carbocycles. The van der Waals surface area contributed by atoms with E-state index in [0.717, 1.165) is 17.9 Å². The summed E-state index contributed by atoms with van der Waals surface area (Å²) < 4.78 is 43.9. The van der Waals surface area contributed by atoms with E-state index in [4.69, 9.17) is 4.74 Å². The summed E-state index contributed by atoms with van der Waals surface area (Å²) in [7, 11) is 0. The predicted molar refractivity (Wildman–Crippen MR) is 84.5 cm³/mol. The number of alkyl halides is 3. The third-order valence-corrected chi connectivity index (χ3v) is 4.34. The monoisotopic (exact) mass is 347 g/mol. The van der Waals surface area contributed by atoms with Crippen LogP contribution in [-0.4, -0.2) is 48.6 Å². The SMILES string of the molecule is CSCCC(=O)N1CCO[C@H](Cc2cccc(C(F)(F)F)c2)C1. The smallest absolute Gasteiger partial charge is 0.374 e. The van der Waals surface area contributed by atoms with Gasteiger partial charge in [0.25, 0.3) is 0 Å². The Labute approximate surface area is 138 Å². The van der Waals surface area contributed by atoms with Crippen molar-refractivity contribution < 1.29 is 22.7 Å². The molecule has 0 spiro atoms. The Hall–Kier alpha value is -1.21. The van der Waals surface area contributed by atoms with Crippen molar-refractivity contribution in [1.29, 1.82) is 0 Å². The molecule has 0 N–H and O–H groups in total. The molecule has 23 heavy (non-hydrogen) atoms. The van der Waals surface area contributed by atoms with Gasteiger partial charge in [-0.15, -0.1) is 0 Å². The first-order valence-corrected chi connectivity index (χ1v) is 8.84. The van der Waals surface area contributed by atoms with Crippen LogP contribution in [0.15, 0.2) is 24.3 Å². The highest BCUT2D eigenvalue weighted by molar-refractivity contribution is 7.98. The lowest BCUT2D eigenvalue weighted by Crippen LogP contribution is -2.46. The number of nitrogens with zero attached hydrogens (tertiary/aromatic N) is 1. The van der Waals surface area contributed by atoms with Gasteiger partial charge in [-0.2, -0.15) is 24.9 Å². The lowest BCUT2D eigenvalue weighted by Gasteiger charge is -2.33. The first-order valence-electron chi connectivity index (χ1n) is 7.44. The van der Waals surface area contributed by atoms with Crippen LogP contribution >= 0.6 is 11.8 Å². The topological polar surface area (TPSA) is 29.5 Å². The molecule has 0 unspecified atom stereocenters. The summed E-state index contributed by atoms with van der Waals surface area (Å²) in [5.41, 5.74) is -0.0815. The highest BCUT2D eigenvalue weighted by Gasteiger charge is 2.31. The van der Waals surface area contributed by atoms with E-state index in [1.807, 2.05) is 6.26 Å². The normalized spacial score (nSPS) is 19.0. The van der Waals surface area contributed by atoms with Crippen LogP contribution in [0.5, 0.6) is 0 Å². The van der Waals surface area contributed by atoms with E-state index in [1.54, 1.807) is 22.7 Å². The van der Waals surface area contributed by atoms with Gasteiger partial charge in [0.2, 0.25) is 5.91 Å². The molecule has 0 aromatic heterocycles. The number of hydrogen-bond acceptors (Lipinski definition) is 3. The zero-order valence-electron chi connectivity index (χ0n) is 12.9. The highest BCUT2D eigenvalue weighted by Crippen LogP contribution is 2.30. The molecular formula is C16H20F3NO2S. The van der Waals surface area contributed by atoms with Crippen molar-refractivity contribution in [3.63, 3.8) is 0 Å². The maximum absolute atomic E-state index is 12.7. The first kappa shape index (κ1) is 18.1. The Morgan fingerprint density at radius 3 is 2.91 bits per heavy atom. The third-order valence-electron chi connectivity index (χ3n) is 3.73. The van der Waals surface area contributed by atoms with Gasteiger partial charge in [-0.1, -0.05) is 18.2 Å². The van der Waals surface area contributed by atoms with Crippen molar-refractivity contribution in [2.75, 3.05) is 31.7 Å². The van der Waals surface area contributed by atoms with Gasteiger partial charge in [-0.25, -0.2) is 0 Å². The van der Waals surface area contributed by atoms with Crippen molar-refractivity contribution in [2.45, 2.75) is 25.1 Å². The number of ether oxygens (including phenoxy) is 1. The van der Waals surface area contributed by atoms with Crippen molar-refractivity contribution in [3.8, 4) is 0 Å². The molecule has 1 atom stereocenters. The van der Waals surface area contributed by atoms with Crippen LogP contribution in [0.25, 0.3) is 0 Å². The summed E-state index contributed by atoms with van der Waals surface area (Å²) in [6.07, 6.45) is -1.80. The second-order valence-corrected chi connectivity index (χ2v) is 6.46. The minimum Gasteiger partial charge on any atom is -0.374 e. The number of hydrogen-bond donors (Lipinski definition) is 0. The van der Waals surface area contributed by atoms with Gasteiger partial charge in [0.05, 0.1) is 18.3 Å². The Bertz CT molecular complexity index is 536. The fourth-order valence-corrected chi connectivity index (χ4v) is 2.93. The van der Waals surface area contributed by atoms with E-state index in [0.29, 0.717) is 38.1 Å². The van der Waals surface area contributed by atoms with Crippen molar-refractivity contribution in [3.05, 3.63) is 35.4 Å². The van der Waals surface area contributed by atoms with Crippen LogP contribution in [0.4, 0.5) is 13.2 Å². The van der Waals surface area contributed by atoms with Crippen molar-refractivity contribution in [1.82, 2.24) is 4.90 Å². The predicted octanol–water partition coefficient (Wildman–Crippen LogP) is 3.23. The quantitative estimate of drug-likeness (QED) is 0.819.